The van der Waals surface area contributed by atoms with Crippen molar-refractivity contribution >= 4 is 17.6 Å². The van der Waals surface area contributed by atoms with Crippen molar-refractivity contribution in [3.8, 4) is 11.5 Å². The number of nitrogens with zero attached hydrogens (tertiary/aromatic N) is 2. The van der Waals surface area contributed by atoms with E-state index in [0.717, 1.165) is 42.5 Å². The first-order valence-electron chi connectivity index (χ1n) is 9.94. The van der Waals surface area contributed by atoms with Gasteiger partial charge in [0.25, 0.3) is 5.91 Å². The smallest absolute Gasteiger partial charge is 0.255 e. The Kier molecular flexibility index (Phi) is 7.37. The third kappa shape index (κ3) is 5.79. The van der Waals surface area contributed by atoms with Gasteiger partial charge in [-0.1, -0.05) is 24.3 Å². The minimum atomic E-state index is -0.498. The number of methoxy groups -OCH3 is 1. The molecular formula is C22H29N5O3. The molecule has 1 atom stereocenters. The fourth-order valence-electron chi connectivity index (χ4n) is 3.46. The zero-order valence-corrected chi connectivity index (χ0v) is 17.4. The third-order valence-electron chi connectivity index (χ3n) is 4.92. The standard InChI is InChI=1S/C22H29N5O3/c1-24-22(25-13-16-6-5-7-18(12-16)30-15-21(23)28)26-17-10-11-27(14-17)19-8-3-4-9-20(19)29-2/h3-9,12,17H,10-11,13-15H2,1-2H3,(H2,23,28)(H2,24,25,26). The van der Waals surface area contributed by atoms with Crippen LogP contribution < -0.4 is 30.7 Å². The Morgan fingerprint density at radius 1 is 1.27 bits per heavy atom. The zero-order chi connectivity index (χ0) is 21.3. The van der Waals surface area contributed by atoms with E-state index in [0.29, 0.717) is 12.3 Å². The van der Waals surface area contributed by atoms with E-state index in [1.54, 1.807) is 20.2 Å². The summed E-state index contributed by atoms with van der Waals surface area (Å²) in [4.78, 5) is 17.5. The van der Waals surface area contributed by atoms with Crippen LogP contribution in [0, 0.1) is 0 Å². The van der Waals surface area contributed by atoms with Crippen LogP contribution in [0.4, 0.5) is 5.69 Å². The van der Waals surface area contributed by atoms with Gasteiger partial charge in [0, 0.05) is 32.7 Å². The van der Waals surface area contributed by atoms with Crippen LogP contribution in [0.1, 0.15) is 12.0 Å². The number of amides is 1. The van der Waals surface area contributed by atoms with Crippen molar-refractivity contribution in [2.75, 3.05) is 38.8 Å². The van der Waals surface area contributed by atoms with E-state index in [9.17, 15) is 4.79 Å². The first-order chi connectivity index (χ1) is 14.6. The summed E-state index contributed by atoms with van der Waals surface area (Å²) in [6.07, 6.45) is 1.01. The number of guanidine groups is 1. The summed E-state index contributed by atoms with van der Waals surface area (Å²) < 4.78 is 10.8. The summed E-state index contributed by atoms with van der Waals surface area (Å²) in [6, 6.07) is 15.9. The lowest BCUT2D eigenvalue weighted by Crippen LogP contribution is -2.44. The second-order valence-corrected chi connectivity index (χ2v) is 7.08. The van der Waals surface area contributed by atoms with E-state index in [1.165, 1.54) is 0 Å². The number of nitrogens with one attached hydrogen (secondary N) is 2. The average Bonchev–Trinajstić information content (AvgIpc) is 3.23. The summed E-state index contributed by atoms with van der Waals surface area (Å²) in [5.74, 6) is 1.74. The Balaban J connectivity index is 1.52. The van der Waals surface area contributed by atoms with Crippen LogP contribution in [0.25, 0.3) is 0 Å². The number of nitrogens with two attached hydrogens (primary N) is 1. The van der Waals surface area contributed by atoms with E-state index in [2.05, 4.69) is 26.6 Å². The predicted octanol–water partition coefficient (Wildman–Crippen LogP) is 1.50. The average molecular weight is 412 g/mol. The molecule has 8 nitrogen and oxygen atoms in total. The lowest BCUT2D eigenvalue weighted by Gasteiger charge is -2.22. The summed E-state index contributed by atoms with van der Waals surface area (Å²) >= 11 is 0. The van der Waals surface area contributed by atoms with Gasteiger partial charge in [-0.15, -0.1) is 0 Å². The molecule has 1 aliphatic rings. The molecule has 3 rings (SSSR count). The highest BCUT2D eigenvalue weighted by atomic mass is 16.5. The number of para-hydroxylation sites is 2. The molecule has 160 valence electrons. The van der Waals surface area contributed by atoms with Crippen LogP contribution in [-0.2, 0) is 11.3 Å². The molecule has 0 bridgehead atoms. The second-order valence-electron chi connectivity index (χ2n) is 7.08. The Hall–Kier alpha value is -3.42. The number of benzene rings is 2. The normalized spacial score (nSPS) is 16.3. The van der Waals surface area contributed by atoms with Crippen molar-refractivity contribution in [3.63, 3.8) is 0 Å². The zero-order valence-electron chi connectivity index (χ0n) is 17.4. The van der Waals surface area contributed by atoms with Gasteiger partial charge >= 0.3 is 0 Å². The van der Waals surface area contributed by atoms with Crippen LogP contribution in [-0.4, -0.2) is 51.8 Å². The molecule has 0 radical (unpaired) electrons. The molecule has 8 heteroatoms. The SMILES string of the molecule is CN=C(NCc1cccc(OCC(N)=O)c1)NC1CCN(c2ccccc2OC)C1. The molecular weight excluding hydrogens is 382 g/mol. The van der Waals surface area contributed by atoms with Gasteiger partial charge in [0.1, 0.15) is 11.5 Å². The van der Waals surface area contributed by atoms with E-state index in [-0.39, 0.29) is 12.6 Å². The third-order valence-corrected chi connectivity index (χ3v) is 4.92. The molecule has 2 aromatic rings. The van der Waals surface area contributed by atoms with E-state index < -0.39 is 5.91 Å². The van der Waals surface area contributed by atoms with E-state index >= 15 is 0 Å². The molecule has 0 saturated carbocycles. The topological polar surface area (TPSA) is 101 Å². The van der Waals surface area contributed by atoms with Crippen LogP contribution >= 0.6 is 0 Å². The molecule has 2 aromatic carbocycles. The van der Waals surface area contributed by atoms with Gasteiger partial charge in [0.2, 0.25) is 0 Å². The van der Waals surface area contributed by atoms with Gasteiger partial charge in [0.05, 0.1) is 12.8 Å². The molecule has 1 aliphatic heterocycles. The van der Waals surface area contributed by atoms with E-state index in [1.807, 2.05) is 36.4 Å². The largest absolute Gasteiger partial charge is 0.495 e. The van der Waals surface area contributed by atoms with Gasteiger partial charge in [-0.25, -0.2) is 0 Å². The Morgan fingerprint density at radius 3 is 2.87 bits per heavy atom. The first-order valence-corrected chi connectivity index (χ1v) is 9.94. The highest BCUT2D eigenvalue weighted by Gasteiger charge is 2.25. The number of aliphatic imine (C=N–C) groups is 1. The maximum Gasteiger partial charge on any atom is 0.255 e. The number of hydrogen-bond acceptors (Lipinski definition) is 5. The quantitative estimate of drug-likeness (QED) is 0.450. The fourth-order valence-corrected chi connectivity index (χ4v) is 3.46. The molecule has 1 fully saturated rings. The summed E-state index contributed by atoms with van der Waals surface area (Å²) in [7, 11) is 3.46. The number of rotatable bonds is 8. The van der Waals surface area contributed by atoms with Gasteiger partial charge in [-0.2, -0.15) is 0 Å². The first kappa shape index (κ1) is 21.3. The highest BCUT2D eigenvalue weighted by Crippen LogP contribution is 2.30. The summed E-state index contributed by atoms with van der Waals surface area (Å²) in [6.45, 7) is 2.27. The maximum atomic E-state index is 10.9. The van der Waals surface area contributed by atoms with Crippen molar-refractivity contribution in [2.45, 2.75) is 19.0 Å². The van der Waals surface area contributed by atoms with E-state index in [4.69, 9.17) is 15.2 Å². The molecule has 1 heterocycles. The second kappa shape index (κ2) is 10.4. The Labute approximate surface area is 177 Å². The minimum absolute atomic E-state index is 0.134. The molecule has 1 unspecified atom stereocenters. The molecule has 4 N–H and O–H groups in total. The molecule has 0 aromatic heterocycles. The predicted molar refractivity (Wildman–Crippen MR) is 118 cm³/mol. The molecule has 1 amide bonds. The molecule has 30 heavy (non-hydrogen) atoms. The maximum absolute atomic E-state index is 10.9. The van der Waals surface area contributed by atoms with Gasteiger partial charge < -0.3 is 30.7 Å². The van der Waals surface area contributed by atoms with Crippen molar-refractivity contribution in [2.24, 2.45) is 10.7 Å². The van der Waals surface area contributed by atoms with Gasteiger partial charge in [-0.3, -0.25) is 9.79 Å². The number of ether oxygens (including phenoxy) is 2. The summed E-state index contributed by atoms with van der Waals surface area (Å²) in [5, 5.41) is 6.82. The van der Waals surface area contributed by atoms with Gasteiger partial charge in [0.15, 0.2) is 12.6 Å². The van der Waals surface area contributed by atoms with Crippen molar-refractivity contribution in [1.82, 2.24) is 10.6 Å². The fraction of sp³-hybridized carbons (Fsp3) is 0.364. The number of anilines is 1. The number of carbonyl (C=O) groups excluding carboxylic acids is 1. The van der Waals surface area contributed by atoms with Crippen LogP contribution in [0.3, 0.4) is 0 Å². The van der Waals surface area contributed by atoms with Crippen LogP contribution in [0.2, 0.25) is 0 Å². The minimum Gasteiger partial charge on any atom is -0.495 e. The van der Waals surface area contributed by atoms with Crippen LogP contribution in [0.15, 0.2) is 53.5 Å². The Morgan fingerprint density at radius 2 is 2.10 bits per heavy atom. The molecule has 0 aliphatic carbocycles. The highest BCUT2D eigenvalue weighted by molar-refractivity contribution is 5.80. The van der Waals surface area contributed by atoms with Crippen molar-refractivity contribution < 1.29 is 14.3 Å². The monoisotopic (exact) mass is 411 g/mol. The Bertz CT molecular complexity index is 887. The molecule has 1 saturated heterocycles. The number of carbonyl (C=O) groups is 1. The van der Waals surface area contributed by atoms with Crippen LogP contribution in [0.5, 0.6) is 11.5 Å². The van der Waals surface area contributed by atoms with Crippen molar-refractivity contribution in [1.29, 1.82) is 0 Å². The molecule has 0 spiro atoms. The summed E-state index contributed by atoms with van der Waals surface area (Å²) in [5.41, 5.74) is 7.25. The lowest BCUT2D eigenvalue weighted by atomic mass is 10.2. The van der Waals surface area contributed by atoms with Crippen molar-refractivity contribution in [3.05, 3.63) is 54.1 Å². The lowest BCUT2D eigenvalue weighted by molar-refractivity contribution is -0.119. The van der Waals surface area contributed by atoms with Gasteiger partial charge in [-0.05, 0) is 36.2 Å². The number of primary amides is 1. The number of hydrogen-bond donors (Lipinski definition) is 3.